The van der Waals surface area contributed by atoms with Gasteiger partial charge in [0.15, 0.2) is 0 Å². The molecule has 0 radical (unpaired) electrons. The van der Waals surface area contributed by atoms with Crippen molar-refractivity contribution in [3.63, 3.8) is 0 Å². The van der Waals surface area contributed by atoms with Gasteiger partial charge in [0.25, 0.3) is 0 Å². The number of carboxylic acids is 2. The van der Waals surface area contributed by atoms with E-state index in [9.17, 15) is 0 Å². The van der Waals surface area contributed by atoms with Crippen LogP contribution < -0.4 is 27.2 Å². The van der Waals surface area contributed by atoms with Gasteiger partial charge in [-0.15, -0.1) is 0 Å². The number of carbonyl (C=O) groups is 2. The molecule has 0 saturated carbocycles. The monoisotopic (exact) mass is 266 g/mol. The average molecular weight is 268 g/mol. The third-order valence-electron chi connectivity index (χ3n) is 0. The quantitative estimate of drug-likeness (QED) is 0.410. The molecule has 4 nitrogen and oxygen atoms in total. The Hall–Kier alpha value is 0.0564. The van der Waals surface area contributed by atoms with Gasteiger partial charge in [0, 0.05) is 11.9 Å². The van der Waals surface area contributed by atoms with Gasteiger partial charge in [0.2, 0.25) is 0 Å². The van der Waals surface area contributed by atoms with E-state index in [0.717, 1.165) is 13.8 Å². The summed E-state index contributed by atoms with van der Waals surface area (Å²) in [5.74, 6) is -2.17. The van der Waals surface area contributed by atoms with Crippen molar-refractivity contribution in [3.8, 4) is 0 Å². The molecule has 0 spiro atoms. The van der Waals surface area contributed by atoms with Gasteiger partial charge in [-0.2, -0.15) is 0 Å². The Morgan fingerprint density at radius 1 is 1.00 bits per heavy atom. The molecule has 0 aromatic carbocycles. The molecule has 6 heteroatoms. The van der Waals surface area contributed by atoms with Crippen LogP contribution in [0.2, 0.25) is 0 Å². The first-order chi connectivity index (χ1) is 3.46. The van der Waals surface area contributed by atoms with Gasteiger partial charge in [0.1, 0.15) is 0 Å². The van der Waals surface area contributed by atoms with Crippen molar-refractivity contribution in [3.05, 3.63) is 0 Å². The second kappa shape index (κ2) is 16.0. The molecule has 0 atom stereocenters. The van der Waals surface area contributed by atoms with E-state index >= 15 is 0 Å². The van der Waals surface area contributed by atoms with Crippen molar-refractivity contribution in [1.82, 2.24) is 0 Å². The van der Waals surface area contributed by atoms with Crippen molar-refractivity contribution in [2.24, 2.45) is 0 Å². The van der Waals surface area contributed by atoms with E-state index < -0.39 is 11.9 Å². The third-order valence-corrected chi connectivity index (χ3v) is 0. The maximum Gasteiger partial charge on any atom is 3.00 e. The minimum absolute atomic E-state index is 0. The Kier molecular flexibility index (Phi) is 36.0. The molecule has 0 heterocycles. The van der Waals surface area contributed by atoms with E-state index in [1.54, 1.807) is 0 Å². The molecule has 0 fully saturated rings. The minimum Gasteiger partial charge on any atom is -1.00 e. The molecule has 0 aromatic rings. The van der Waals surface area contributed by atoms with Crippen LogP contribution in [0, 0.1) is 0 Å². The predicted molar refractivity (Wildman–Crippen MR) is 27.1 cm³/mol. The van der Waals surface area contributed by atoms with Crippen LogP contribution in [0.25, 0.3) is 0 Å². The number of hydrogen-bond donors (Lipinski definition) is 0. The molecule has 0 aromatic heterocycles. The second-order valence-electron chi connectivity index (χ2n) is 0.983. The summed E-state index contributed by atoms with van der Waals surface area (Å²) in [5.41, 5.74) is 0. The Labute approximate surface area is 82.4 Å². The molecule has 0 amide bonds. The standard InChI is InChI=1S/2C2H4O2.BrH.Ga/c2*1-2(3)4;;/h2*1H3,(H,3,4);1H;/q;;;+3/p-3. The van der Waals surface area contributed by atoms with Gasteiger partial charge in [-0.05, 0) is 13.8 Å². The second-order valence-corrected chi connectivity index (χ2v) is 0.983. The molecule has 0 N–H and O–H groups in total. The SMILES string of the molecule is CC(=O)[O-].CC(=O)[O-].[Br-].[Ga+3]. The third kappa shape index (κ3) is 126000. The summed E-state index contributed by atoms with van der Waals surface area (Å²) in [6.07, 6.45) is 0. The zero-order valence-electron chi connectivity index (χ0n) is 5.59. The van der Waals surface area contributed by atoms with Crippen molar-refractivity contribution in [1.29, 1.82) is 0 Å². The Morgan fingerprint density at radius 3 is 1.00 bits per heavy atom. The van der Waals surface area contributed by atoms with Gasteiger partial charge < -0.3 is 36.8 Å². The average Bonchev–Trinajstić information content (AvgIpc) is 1.25. The number of halogens is 1. The molecule has 0 unspecified atom stereocenters. The largest absolute Gasteiger partial charge is 3.00 e. The zero-order valence-corrected chi connectivity index (χ0v) is 9.60. The van der Waals surface area contributed by atoms with Crippen molar-refractivity contribution < 1.29 is 36.8 Å². The van der Waals surface area contributed by atoms with Gasteiger partial charge in [-0.25, -0.2) is 0 Å². The molecule has 0 saturated heterocycles. The van der Waals surface area contributed by atoms with Crippen LogP contribution >= 0.6 is 0 Å². The fourth-order valence-corrected chi connectivity index (χ4v) is 0. The molecule has 56 valence electrons. The Balaban J connectivity index is -0.0000000300. The molecule has 0 rings (SSSR count). The van der Waals surface area contributed by atoms with Crippen molar-refractivity contribution in [2.45, 2.75) is 13.8 Å². The van der Waals surface area contributed by atoms with E-state index in [4.69, 9.17) is 19.8 Å². The number of aliphatic carboxylic acids is 2. The maximum absolute atomic E-state index is 8.89. The summed E-state index contributed by atoms with van der Waals surface area (Å²) in [6, 6.07) is 0. The molecule has 0 aliphatic carbocycles. The molecule has 0 aliphatic heterocycles. The van der Waals surface area contributed by atoms with E-state index in [1.165, 1.54) is 0 Å². The van der Waals surface area contributed by atoms with Crippen molar-refractivity contribution in [2.75, 3.05) is 0 Å². The smallest absolute Gasteiger partial charge is 1.00 e. The van der Waals surface area contributed by atoms with Crippen LogP contribution in [-0.2, 0) is 9.59 Å². The molecule has 10 heavy (non-hydrogen) atoms. The summed E-state index contributed by atoms with van der Waals surface area (Å²) >= 11 is 0. The first kappa shape index (κ1) is 22.5. The fourth-order valence-electron chi connectivity index (χ4n) is 0. The summed E-state index contributed by atoms with van der Waals surface area (Å²) in [6.45, 7) is 1.94. The topological polar surface area (TPSA) is 80.3 Å². The van der Waals surface area contributed by atoms with Crippen LogP contribution in [0.15, 0.2) is 0 Å². The van der Waals surface area contributed by atoms with E-state index in [0.29, 0.717) is 0 Å². The first-order valence-corrected chi connectivity index (χ1v) is 1.82. The Bertz CT molecular complexity index is 75.3. The van der Waals surface area contributed by atoms with Crippen LogP contribution in [0.3, 0.4) is 0 Å². The minimum atomic E-state index is -1.08. The Morgan fingerprint density at radius 2 is 1.00 bits per heavy atom. The molecule has 0 bridgehead atoms. The summed E-state index contributed by atoms with van der Waals surface area (Å²) in [4.78, 5) is 17.8. The number of rotatable bonds is 0. The van der Waals surface area contributed by atoms with Gasteiger partial charge >= 0.3 is 19.8 Å². The van der Waals surface area contributed by atoms with Gasteiger partial charge in [-0.3, -0.25) is 0 Å². The zero-order chi connectivity index (χ0) is 7.15. The van der Waals surface area contributed by atoms with Gasteiger partial charge in [-0.1, -0.05) is 0 Å². The van der Waals surface area contributed by atoms with E-state index in [-0.39, 0.29) is 36.8 Å². The van der Waals surface area contributed by atoms with Crippen LogP contribution in [-0.4, -0.2) is 31.7 Å². The van der Waals surface area contributed by atoms with Crippen LogP contribution in [0.1, 0.15) is 13.8 Å². The summed E-state index contributed by atoms with van der Waals surface area (Å²) in [7, 11) is 0. The number of carbonyl (C=O) groups excluding carboxylic acids is 2. The molecule has 0 aliphatic rings. The first-order valence-electron chi connectivity index (χ1n) is 1.82. The fraction of sp³-hybridized carbons (Fsp3) is 0.500. The van der Waals surface area contributed by atoms with E-state index in [2.05, 4.69) is 0 Å². The summed E-state index contributed by atoms with van der Waals surface area (Å²) < 4.78 is 0. The number of carboxylic acid groups (broad SMARTS) is 2. The van der Waals surface area contributed by atoms with Crippen LogP contribution in [0.5, 0.6) is 0 Å². The van der Waals surface area contributed by atoms with Crippen molar-refractivity contribution >= 4 is 31.7 Å². The molecular formula is C4H6BrGaO4. The van der Waals surface area contributed by atoms with E-state index in [1.807, 2.05) is 0 Å². The number of hydrogen-bond acceptors (Lipinski definition) is 4. The maximum atomic E-state index is 8.89. The van der Waals surface area contributed by atoms with Crippen LogP contribution in [0.4, 0.5) is 0 Å². The normalized spacial score (nSPS) is 5.00. The predicted octanol–water partition coefficient (Wildman–Crippen LogP) is -5.86. The molecular weight excluding hydrogens is 262 g/mol. The summed E-state index contributed by atoms with van der Waals surface area (Å²) in [5, 5.41) is 17.8. The van der Waals surface area contributed by atoms with Gasteiger partial charge in [0.05, 0.1) is 0 Å².